The third-order valence-electron chi connectivity index (χ3n) is 4.06. The number of thioether (sulfide) groups is 1. The van der Waals surface area contributed by atoms with Crippen LogP contribution in [0.25, 0.3) is 0 Å². The minimum Gasteiger partial charge on any atom is -0.329 e. The third kappa shape index (κ3) is 3.69. The molecule has 3 rings (SSSR count). The monoisotopic (exact) mass is 318 g/mol. The van der Waals surface area contributed by atoms with Crippen molar-refractivity contribution < 1.29 is 0 Å². The molecular formula is C17H22N2S2. The summed E-state index contributed by atoms with van der Waals surface area (Å²) in [5.41, 5.74) is 7.47. The molecule has 21 heavy (non-hydrogen) atoms. The number of hydrogen-bond acceptors (Lipinski definition) is 4. The van der Waals surface area contributed by atoms with Crippen molar-refractivity contribution in [2.24, 2.45) is 5.73 Å². The SMILES string of the molecule is CSc1ccc(C(CN)N(Cc2cccs2)C2CC2)cc1. The molecule has 1 atom stereocenters. The first-order valence-corrected chi connectivity index (χ1v) is 9.54. The lowest BCUT2D eigenvalue weighted by atomic mass is 10.0. The van der Waals surface area contributed by atoms with Crippen LogP contribution in [0.2, 0.25) is 0 Å². The highest BCUT2D eigenvalue weighted by Gasteiger charge is 2.34. The van der Waals surface area contributed by atoms with Crippen LogP contribution in [0.15, 0.2) is 46.7 Å². The van der Waals surface area contributed by atoms with Crippen molar-refractivity contribution in [1.29, 1.82) is 0 Å². The highest BCUT2D eigenvalue weighted by atomic mass is 32.2. The normalized spacial score (nSPS) is 16.3. The van der Waals surface area contributed by atoms with Crippen molar-refractivity contribution in [2.75, 3.05) is 12.8 Å². The molecule has 0 bridgehead atoms. The zero-order valence-electron chi connectivity index (χ0n) is 12.4. The molecule has 112 valence electrons. The van der Waals surface area contributed by atoms with Crippen molar-refractivity contribution in [3.63, 3.8) is 0 Å². The predicted octanol–water partition coefficient (Wildman–Crippen LogP) is 4.13. The average molecular weight is 319 g/mol. The van der Waals surface area contributed by atoms with Crippen LogP contribution >= 0.6 is 23.1 Å². The Morgan fingerprint density at radius 2 is 2.05 bits per heavy atom. The van der Waals surface area contributed by atoms with Crippen LogP contribution in [0.3, 0.4) is 0 Å². The van der Waals surface area contributed by atoms with Crippen LogP contribution < -0.4 is 5.73 Å². The second-order valence-electron chi connectivity index (χ2n) is 5.51. The molecule has 2 N–H and O–H groups in total. The van der Waals surface area contributed by atoms with Gasteiger partial charge in [-0.3, -0.25) is 4.90 Å². The number of nitrogens with zero attached hydrogens (tertiary/aromatic N) is 1. The fraction of sp³-hybridized carbons (Fsp3) is 0.412. The van der Waals surface area contributed by atoms with Crippen LogP contribution in [0, 0.1) is 0 Å². The summed E-state index contributed by atoms with van der Waals surface area (Å²) >= 11 is 3.62. The van der Waals surface area contributed by atoms with Crippen molar-refractivity contribution >= 4 is 23.1 Å². The average Bonchev–Trinajstić information content (AvgIpc) is 3.25. The number of thiophene rings is 1. The molecule has 0 saturated heterocycles. The molecule has 2 nitrogen and oxygen atoms in total. The molecule has 0 amide bonds. The van der Waals surface area contributed by atoms with Gasteiger partial charge in [0.05, 0.1) is 0 Å². The zero-order chi connectivity index (χ0) is 14.7. The Labute approximate surface area is 135 Å². The Kier molecular flexibility index (Phi) is 5.01. The molecule has 1 saturated carbocycles. The van der Waals surface area contributed by atoms with Gasteiger partial charge in [0.1, 0.15) is 0 Å². The molecule has 0 aliphatic heterocycles. The van der Waals surface area contributed by atoms with Crippen LogP contribution in [0.4, 0.5) is 0 Å². The topological polar surface area (TPSA) is 29.3 Å². The fourth-order valence-electron chi connectivity index (χ4n) is 2.77. The lowest BCUT2D eigenvalue weighted by molar-refractivity contribution is 0.183. The standard InChI is InChI=1S/C17H22N2S2/c1-20-15-8-4-13(5-9-15)17(11-18)19(14-6-7-14)12-16-3-2-10-21-16/h2-5,8-10,14,17H,6-7,11-12,18H2,1H3. The third-order valence-corrected chi connectivity index (χ3v) is 5.66. The molecule has 1 heterocycles. The fourth-order valence-corrected chi connectivity index (χ4v) is 3.89. The van der Waals surface area contributed by atoms with Gasteiger partial charge < -0.3 is 5.73 Å². The van der Waals surface area contributed by atoms with E-state index in [1.54, 1.807) is 11.8 Å². The van der Waals surface area contributed by atoms with E-state index in [1.807, 2.05) is 11.3 Å². The second-order valence-corrected chi connectivity index (χ2v) is 7.42. The van der Waals surface area contributed by atoms with E-state index in [0.717, 1.165) is 6.54 Å². The summed E-state index contributed by atoms with van der Waals surface area (Å²) in [7, 11) is 0. The second kappa shape index (κ2) is 6.97. The molecule has 1 unspecified atom stereocenters. The first-order chi connectivity index (χ1) is 10.3. The molecule has 2 aromatic rings. The van der Waals surface area contributed by atoms with Gasteiger partial charge in [-0.1, -0.05) is 18.2 Å². The summed E-state index contributed by atoms with van der Waals surface area (Å²) < 4.78 is 0. The van der Waals surface area contributed by atoms with E-state index in [9.17, 15) is 0 Å². The van der Waals surface area contributed by atoms with Crippen LogP contribution in [0.5, 0.6) is 0 Å². The van der Waals surface area contributed by atoms with E-state index in [4.69, 9.17) is 5.73 Å². The highest BCUT2D eigenvalue weighted by Crippen LogP contribution is 2.36. The van der Waals surface area contributed by atoms with Gasteiger partial charge in [0.2, 0.25) is 0 Å². The maximum Gasteiger partial charge on any atom is 0.0477 e. The number of nitrogens with two attached hydrogens (primary N) is 1. The number of hydrogen-bond donors (Lipinski definition) is 1. The van der Waals surface area contributed by atoms with Crippen molar-refractivity contribution in [3.8, 4) is 0 Å². The van der Waals surface area contributed by atoms with E-state index < -0.39 is 0 Å². The Morgan fingerprint density at radius 3 is 2.57 bits per heavy atom. The van der Waals surface area contributed by atoms with Gasteiger partial charge in [0.15, 0.2) is 0 Å². The molecule has 1 aliphatic carbocycles. The molecule has 0 radical (unpaired) electrons. The summed E-state index contributed by atoms with van der Waals surface area (Å²) in [6.45, 7) is 1.70. The maximum atomic E-state index is 6.13. The van der Waals surface area contributed by atoms with Gasteiger partial charge in [-0.25, -0.2) is 0 Å². The Hall–Kier alpha value is -0.810. The highest BCUT2D eigenvalue weighted by molar-refractivity contribution is 7.98. The Balaban J connectivity index is 1.80. The number of rotatable bonds is 7. The van der Waals surface area contributed by atoms with Gasteiger partial charge in [0.25, 0.3) is 0 Å². The van der Waals surface area contributed by atoms with E-state index in [2.05, 4.69) is 52.9 Å². The molecular weight excluding hydrogens is 296 g/mol. The van der Waals surface area contributed by atoms with Crippen molar-refractivity contribution in [3.05, 3.63) is 52.2 Å². The van der Waals surface area contributed by atoms with E-state index >= 15 is 0 Å². The predicted molar refractivity (Wildman–Crippen MR) is 92.9 cm³/mol. The lowest BCUT2D eigenvalue weighted by Gasteiger charge is -2.31. The van der Waals surface area contributed by atoms with E-state index in [1.165, 1.54) is 28.2 Å². The summed E-state index contributed by atoms with van der Waals surface area (Å²) in [6, 6.07) is 14.3. The van der Waals surface area contributed by atoms with Crippen LogP contribution in [-0.4, -0.2) is 23.7 Å². The summed E-state index contributed by atoms with van der Waals surface area (Å²) in [4.78, 5) is 5.34. The molecule has 1 aromatic carbocycles. The van der Waals surface area contributed by atoms with E-state index in [-0.39, 0.29) is 0 Å². The summed E-state index contributed by atoms with van der Waals surface area (Å²) in [6.07, 6.45) is 4.73. The van der Waals surface area contributed by atoms with Gasteiger partial charge in [-0.05, 0) is 48.2 Å². The lowest BCUT2D eigenvalue weighted by Crippen LogP contribution is -2.34. The smallest absolute Gasteiger partial charge is 0.0477 e. The van der Waals surface area contributed by atoms with E-state index in [0.29, 0.717) is 18.6 Å². The Morgan fingerprint density at radius 1 is 1.29 bits per heavy atom. The minimum absolute atomic E-state index is 0.329. The maximum absolute atomic E-state index is 6.13. The van der Waals surface area contributed by atoms with Gasteiger partial charge in [-0.2, -0.15) is 0 Å². The molecule has 1 fully saturated rings. The largest absolute Gasteiger partial charge is 0.329 e. The van der Waals surface area contributed by atoms with Gasteiger partial charge in [-0.15, -0.1) is 23.1 Å². The number of benzene rings is 1. The molecule has 4 heteroatoms. The Bertz CT molecular complexity index is 547. The van der Waals surface area contributed by atoms with Crippen LogP contribution in [0.1, 0.15) is 29.3 Å². The van der Waals surface area contributed by atoms with Gasteiger partial charge in [0, 0.05) is 34.9 Å². The quantitative estimate of drug-likeness (QED) is 0.778. The van der Waals surface area contributed by atoms with Crippen LogP contribution in [-0.2, 0) is 6.54 Å². The zero-order valence-corrected chi connectivity index (χ0v) is 14.0. The van der Waals surface area contributed by atoms with Crippen molar-refractivity contribution in [2.45, 2.75) is 36.4 Å². The first-order valence-electron chi connectivity index (χ1n) is 7.44. The summed E-state index contributed by atoms with van der Waals surface area (Å²) in [5.74, 6) is 0. The van der Waals surface area contributed by atoms with Crippen molar-refractivity contribution in [1.82, 2.24) is 4.90 Å². The van der Waals surface area contributed by atoms with Gasteiger partial charge >= 0.3 is 0 Å². The minimum atomic E-state index is 0.329. The molecule has 1 aliphatic rings. The molecule has 1 aromatic heterocycles. The first kappa shape index (κ1) is 15.1. The molecule has 0 spiro atoms. The summed E-state index contributed by atoms with van der Waals surface area (Å²) in [5, 5.41) is 2.16.